The number of rotatable bonds is 4. The number of thioether (sulfide) groups is 1. The Morgan fingerprint density at radius 3 is 2.92 bits per heavy atom. The lowest BCUT2D eigenvalue weighted by molar-refractivity contribution is 1.14. The summed E-state index contributed by atoms with van der Waals surface area (Å²) in [5, 5.41) is 1.67. The summed E-state index contributed by atoms with van der Waals surface area (Å²) in [7, 11) is 0. The first-order valence-electron chi connectivity index (χ1n) is 3.83. The van der Waals surface area contributed by atoms with E-state index in [1.165, 1.54) is 0 Å². The van der Waals surface area contributed by atoms with Crippen LogP contribution in [0.25, 0.3) is 0 Å². The maximum absolute atomic E-state index is 5.70. The number of hydrogen-bond donors (Lipinski definition) is 1. The second kappa shape index (κ2) is 6.35. The highest BCUT2D eigenvalue weighted by molar-refractivity contribution is 7.99. The maximum atomic E-state index is 5.70. The summed E-state index contributed by atoms with van der Waals surface area (Å²) in [5.74, 6) is 1.71. The van der Waals surface area contributed by atoms with Gasteiger partial charge in [-0.1, -0.05) is 23.8 Å². The van der Waals surface area contributed by atoms with Crippen molar-refractivity contribution in [2.45, 2.75) is 5.03 Å². The second-order valence-electron chi connectivity index (χ2n) is 2.28. The lowest BCUT2D eigenvalue weighted by atomic mass is 10.5. The summed E-state index contributed by atoms with van der Waals surface area (Å²) < 4.78 is 0. The molecular formula is C9H10ClNS2. The Labute approximate surface area is 93.0 Å². The first-order chi connectivity index (χ1) is 6.33. The molecule has 0 bridgehead atoms. The van der Waals surface area contributed by atoms with Gasteiger partial charge in [-0.25, -0.2) is 4.98 Å². The summed E-state index contributed by atoms with van der Waals surface area (Å²) in [6.07, 6.45) is 5.76. The molecule has 1 nitrogen and oxygen atoms in total. The highest BCUT2D eigenvalue weighted by Crippen LogP contribution is 2.16. The average molecular weight is 232 g/mol. The summed E-state index contributed by atoms with van der Waals surface area (Å²) in [4.78, 5) is 4.15. The van der Waals surface area contributed by atoms with Crippen molar-refractivity contribution in [2.75, 3.05) is 11.5 Å². The molecule has 0 aliphatic heterocycles. The van der Waals surface area contributed by atoms with Gasteiger partial charge in [-0.2, -0.15) is 12.6 Å². The first kappa shape index (κ1) is 11.0. The van der Waals surface area contributed by atoms with Crippen molar-refractivity contribution >= 4 is 36.0 Å². The van der Waals surface area contributed by atoms with Crippen molar-refractivity contribution in [1.29, 1.82) is 0 Å². The van der Waals surface area contributed by atoms with Gasteiger partial charge in [0.25, 0.3) is 0 Å². The van der Waals surface area contributed by atoms with Crippen LogP contribution in [0.2, 0.25) is 5.02 Å². The molecule has 1 aromatic heterocycles. The molecule has 0 saturated heterocycles. The van der Waals surface area contributed by atoms with Gasteiger partial charge in [-0.15, -0.1) is 11.8 Å². The molecule has 0 atom stereocenters. The van der Waals surface area contributed by atoms with Gasteiger partial charge in [0.15, 0.2) is 0 Å². The standard InChI is InChI=1S/C9H10ClNS2/c10-8-3-4-9(11-7-8)13-6-2-1-5-12/h1-4,7,12H,5-6H2. The van der Waals surface area contributed by atoms with E-state index in [1.807, 2.05) is 18.2 Å². The van der Waals surface area contributed by atoms with E-state index < -0.39 is 0 Å². The van der Waals surface area contributed by atoms with Crippen LogP contribution in [0.15, 0.2) is 35.5 Å². The summed E-state index contributed by atoms with van der Waals surface area (Å²) >= 11 is 11.4. The van der Waals surface area contributed by atoms with Gasteiger partial charge >= 0.3 is 0 Å². The fraction of sp³-hybridized carbons (Fsp3) is 0.222. The average Bonchev–Trinajstić information content (AvgIpc) is 2.15. The zero-order chi connectivity index (χ0) is 9.52. The molecule has 1 aromatic rings. The van der Waals surface area contributed by atoms with Crippen LogP contribution in [-0.2, 0) is 0 Å². The van der Waals surface area contributed by atoms with Gasteiger partial charge in [0, 0.05) is 17.7 Å². The van der Waals surface area contributed by atoms with Crippen LogP contribution in [0, 0.1) is 0 Å². The van der Waals surface area contributed by atoms with Crippen molar-refractivity contribution in [2.24, 2.45) is 0 Å². The van der Waals surface area contributed by atoms with E-state index in [0.717, 1.165) is 16.5 Å². The zero-order valence-electron chi connectivity index (χ0n) is 6.98. The summed E-state index contributed by atoms with van der Waals surface area (Å²) in [6.45, 7) is 0. The van der Waals surface area contributed by atoms with E-state index in [1.54, 1.807) is 18.0 Å². The predicted molar refractivity (Wildman–Crippen MR) is 63.0 cm³/mol. The van der Waals surface area contributed by atoms with E-state index in [4.69, 9.17) is 11.6 Å². The molecule has 0 N–H and O–H groups in total. The van der Waals surface area contributed by atoms with E-state index in [2.05, 4.69) is 23.7 Å². The van der Waals surface area contributed by atoms with Crippen LogP contribution in [0.1, 0.15) is 0 Å². The molecule has 0 aromatic carbocycles. The minimum atomic E-state index is 0.676. The van der Waals surface area contributed by atoms with Crippen LogP contribution in [-0.4, -0.2) is 16.5 Å². The molecule has 1 rings (SSSR count). The van der Waals surface area contributed by atoms with Gasteiger partial charge in [-0.3, -0.25) is 0 Å². The molecule has 0 radical (unpaired) electrons. The van der Waals surface area contributed by atoms with E-state index in [-0.39, 0.29) is 0 Å². The first-order valence-corrected chi connectivity index (χ1v) is 5.83. The monoisotopic (exact) mass is 231 g/mol. The molecule has 0 saturated carbocycles. The SMILES string of the molecule is SCC=CCSc1ccc(Cl)cn1. The third kappa shape index (κ3) is 4.60. The van der Waals surface area contributed by atoms with Gasteiger partial charge in [0.05, 0.1) is 10.0 Å². The lowest BCUT2D eigenvalue weighted by Crippen LogP contribution is -1.79. The van der Waals surface area contributed by atoms with Crippen molar-refractivity contribution in [3.8, 4) is 0 Å². The fourth-order valence-electron chi connectivity index (χ4n) is 0.724. The molecule has 0 fully saturated rings. The lowest BCUT2D eigenvalue weighted by Gasteiger charge is -1.96. The van der Waals surface area contributed by atoms with Crippen LogP contribution >= 0.6 is 36.0 Å². The molecule has 0 aliphatic carbocycles. The van der Waals surface area contributed by atoms with Crippen LogP contribution < -0.4 is 0 Å². The Morgan fingerprint density at radius 2 is 2.31 bits per heavy atom. The third-order valence-corrected chi connectivity index (χ3v) is 2.63. The minimum Gasteiger partial charge on any atom is -0.248 e. The number of pyridine rings is 1. The zero-order valence-corrected chi connectivity index (χ0v) is 9.45. The number of aromatic nitrogens is 1. The van der Waals surface area contributed by atoms with Crippen LogP contribution in [0.5, 0.6) is 0 Å². The molecule has 4 heteroatoms. The number of hydrogen-bond acceptors (Lipinski definition) is 3. The fourth-order valence-corrected chi connectivity index (χ4v) is 1.68. The highest BCUT2D eigenvalue weighted by Gasteiger charge is 1.92. The second-order valence-corrected chi connectivity index (χ2v) is 4.12. The molecule has 0 amide bonds. The van der Waals surface area contributed by atoms with Crippen molar-refractivity contribution in [3.05, 3.63) is 35.5 Å². The van der Waals surface area contributed by atoms with Gasteiger partial charge in [0.1, 0.15) is 0 Å². The van der Waals surface area contributed by atoms with Gasteiger partial charge < -0.3 is 0 Å². The van der Waals surface area contributed by atoms with E-state index >= 15 is 0 Å². The Morgan fingerprint density at radius 1 is 1.46 bits per heavy atom. The Balaban J connectivity index is 2.37. The van der Waals surface area contributed by atoms with Crippen LogP contribution in [0.3, 0.4) is 0 Å². The largest absolute Gasteiger partial charge is 0.248 e. The minimum absolute atomic E-state index is 0.676. The number of thiol groups is 1. The summed E-state index contributed by atoms with van der Waals surface area (Å²) in [5.41, 5.74) is 0. The molecule has 0 spiro atoms. The quantitative estimate of drug-likeness (QED) is 0.485. The third-order valence-electron chi connectivity index (χ3n) is 1.30. The molecule has 13 heavy (non-hydrogen) atoms. The van der Waals surface area contributed by atoms with Crippen LogP contribution in [0.4, 0.5) is 0 Å². The van der Waals surface area contributed by atoms with Gasteiger partial charge in [-0.05, 0) is 12.1 Å². The smallest absolute Gasteiger partial charge is 0.0963 e. The highest BCUT2D eigenvalue weighted by atomic mass is 35.5. The van der Waals surface area contributed by atoms with Crippen molar-refractivity contribution < 1.29 is 0 Å². The Bertz CT molecular complexity index is 271. The predicted octanol–water partition coefficient (Wildman–Crippen LogP) is 3.31. The molecule has 1 heterocycles. The van der Waals surface area contributed by atoms with Crippen molar-refractivity contribution in [3.63, 3.8) is 0 Å². The maximum Gasteiger partial charge on any atom is 0.0963 e. The molecule has 70 valence electrons. The normalized spacial score (nSPS) is 10.9. The topological polar surface area (TPSA) is 12.9 Å². The molecule has 0 aliphatic rings. The number of nitrogens with zero attached hydrogens (tertiary/aromatic N) is 1. The van der Waals surface area contributed by atoms with Gasteiger partial charge in [0.2, 0.25) is 0 Å². The Kier molecular flexibility index (Phi) is 5.35. The van der Waals surface area contributed by atoms with E-state index in [9.17, 15) is 0 Å². The van der Waals surface area contributed by atoms with E-state index in [0.29, 0.717) is 5.02 Å². The molecule has 0 unspecified atom stereocenters. The molecular weight excluding hydrogens is 222 g/mol. The van der Waals surface area contributed by atoms with Crippen molar-refractivity contribution in [1.82, 2.24) is 4.98 Å². The number of halogens is 1. The Hall–Kier alpha value is -0.120. The summed E-state index contributed by atoms with van der Waals surface area (Å²) in [6, 6.07) is 3.76.